The number of rotatable bonds is 6. The standard InChI is InChI=1S/C14H23NO/c1-4-14(13-8-6-5-7-9-13)15-11(2)10-12(3)16/h5-9,11-12,14-16H,4,10H2,1-3H3. The molecule has 3 unspecified atom stereocenters. The Morgan fingerprint density at radius 2 is 1.81 bits per heavy atom. The average Bonchev–Trinajstić information content (AvgIpc) is 2.26. The van der Waals surface area contributed by atoms with Crippen LogP contribution in [0.1, 0.15) is 45.2 Å². The molecule has 2 heteroatoms. The van der Waals surface area contributed by atoms with E-state index < -0.39 is 0 Å². The minimum Gasteiger partial charge on any atom is -0.393 e. The van der Waals surface area contributed by atoms with Crippen molar-refractivity contribution in [2.75, 3.05) is 0 Å². The van der Waals surface area contributed by atoms with Gasteiger partial charge in [0.2, 0.25) is 0 Å². The number of hydrogen-bond donors (Lipinski definition) is 2. The molecule has 0 bridgehead atoms. The first kappa shape index (κ1) is 13.2. The molecule has 1 rings (SSSR count). The molecule has 90 valence electrons. The summed E-state index contributed by atoms with van der Waals surface area (Å²) < 4.78 is 0. The number of nitrogens with one attached hydrogen (secondary N) is 1. The van der Waals surface area contributed by atoms with E-state index in [1.165, 1.54) is 5.56 Å². The van der Waals surface area contributed by atoms with Crippen LogP contribution in [0.4, 0.5) is 0 Å². The molecule has 1 aromatic carbocycles. The molecule has 0 saturated heterocycles. The quantitative estimate of drug-likeness (QED) is 0.774. The summed E-state index contributed by atoms with van der Waals surface area (Å²) in [7, 11) is 0. The molecule has 16 heavy (non-hydrogen) atoms. The Balaban J connectivity index is 2.56. The van der Waals surface area contributed by atoms with Crippen LogP contribution in [-0.2, 0) is 0 Å². The third-order valence-corrected chi connectivity index (χ3v) is 2.79. The fourth-order valence-corrected chi connectivity index (χ4v) is 2.06. The van der Waals surface area contributed by atoms with Crippen molar-refractivity contribution in [1.29, 1.82) is 0 Å². The van der Waals surface area contributed by atoms with Gasteiger partial charge in [-0.25, -0.2) is 0 Å². The lowest BCUT2D eigenvalue weighted by molar-refractivity contribution is 0.167. The first-order valence-corrected chi connectivity index (χ1v) is 6.12. The van der Waals surface area contributed by atoms with Crippen LogP contribution < -0.4 is 5.32 Å². The summed E-state index contributed by atoms with van der Waals surface area (Å²) in [5.74, 6) is 0. The van der Waals surface area contributed by atoms with Gasteiger partial charge in [0.05, 0.1) is 6.10 Å². The predicted octanol–water partition coefficient (Wildman–Crippen LogP) is 2.89. The monoisotopic (exact) mass is 221 g/mol. The van der Waals surface area contributed by atoms with Crippen molar-refractivity contribution in [2.24, 2.45) is 0 Å². The van der Waals surface area contributed by atoms with Crippen LogP contribution in [0.15, 0.2) is 30.3 Å². The summed E-state index contributed by atoms with van der Waals surface area (Å²) >= 11 is 0. The second-order valence-corrected chi connectivity index (χ2v) is 4.52. The molecule has 0 aliphatic carbocycles. The summed E-state index contributed by atoms with van der Waals surface area (Å²) in [6, 6.07) is 11.2. The fourth-order valence-electron chi connectivity index (χ4n) is 2.06. The second kappa shape index (κ2) is 6.66. The van der Waals surface area contributed by atoms with Crippen LogP contribution >= 0.6 is 0 Å². The average molecular weight is 221 g/mol. The van der Waals surface area contributed by atoms with E-state index in [-0.39, 0.29) is 6.10 Å². The van der Waals surface area contributed by atoms with Gasteiger partial charge in [0.15, 0.2) is 0 Å². The lowest BCUT2D eigenvalue weighted by Crippen LogP contribution is -2.32. The summed E-state index contributed by atoms with van der Waals surface area (Å²) in [6.07, 6.45) is 1.62. The Labute approximate surface area is 98.7 Å². The smallest absolute Gasteiger partial charge is 0.0526 e. The highest BCUT2D eigenvalue weighted by Crippen LogP contribution is 2.17. The minimum absolute atomic E-state index is 0.240. The molecular weight excluding hydrogens is 198 g/mol. The van der Waals surface area contributed by atoms with E-state index in [1.54, 1.807) is 0 Å². The maximum absolute atomic E-state index is 9.34. The number of aliphatic hydroxyl groups excluding tert-OH is 1. The van der Waals surface area contributed by atoms with E-state index in [2.05, 4.69) is 43.4 Å². The van der Waals surface area contributed by atoms with Gasteiger partial charge in [-0.1, -0.05) is 37.3 Å². The third-order valence-electron chi connectivity index (χ3n) is 2.79. The molecule has 0 amide bonds. The van der Waals surface area contributed by atoms with Gasteiger partial charge in [0.1, 0.15) is 0 Å². The number of benzene rings is 1. The van der Waals surface area contributed by atoms with Gasteiger partial charge in [-0.3, -0.25) is 0 Å². The van der Waals surface area contributed by atoms with Gasteiger partial charge >= 0.3 is 0 Å². The highest BCUT2D eigenvalue weighted by molar-refractivity contribution is 5.18. The molecule has 3 atom stereocenters. The van der Waals surface area contributed by atoms with Crippen molar-refractivity contribution < 1.29 is 5.11 Å². The molecule has 0 aromatic heterocycles. The second-order valence-electron chi connectivity index (χ2n) is 4.52. The van der Waals surface area contributed by atoms with Gasteiger partial charge < -0.3 is 10.4 Å². The Morgan fingerprint density at radius 3 is 2.31 bits per heavy atom. The summed E-state index contributed by atoms with van der Waals surface area (Å²) in [4.78, 5) is 0. The minimum atomic E-state index is -0.240. The van der Waals surface area contributed by atoms with Crippen LogP contribution in [0.2, 0.25) is 0 Å². The topological polar surface area (TPSA) is 32.3 Å². The highest BCUT2D eigenvalue weighted by Gasteiger charge is 2.13. The molecule has 0 radical (unpaired) electrons. The Hall–Kier alpha value is -0.860. The molecule has 0 aliphatic rings. The first-order valence-electron chi connectivity index (χ1n) is 6.12. The summed E-state index contributed by atoms with van der Waals surface area (Å²) in [5.41, 5.74) is 1.32. The summed E-state index contributed by atoms with van der Waals surface area (Å²) in [6.45, 7) is 6.14. The van der Waals surface area contributed by atoms with Crippen LogP contribution in [0.25, 0.3) is 0 Å². The van der Waals surface area contributed by atoms with E-state index in [4.69, 9.17) is 0 Å². The van der Waals surface area contributed by atoms with Crippen molar-refractivity contribution in [1.82, 2.24) is 5.32 Å². The molecule has 0 heterocycles. The van der Waals surface area contributed by atoms with Crippen molar-refractivity contribution >= 4 is 0 Å². The van der Waals surface area contributed by atoms with Gasteiger partial charge in [0.25, 0.3) is 0 Å². The molecule has 0 aliphatic heterocycles. The third kappa shape index (κ3) is 4.33. The molecule has 0 spiro atoms. The van der Waals surface area contributed by atoms with E-state index in [1.807, 2.05) is 13.0 Å². The normalized spacial score (nSPS) is 16.8. The van der Waals surface area contributed by atoms with Crippen LogP contribution in [0.3, 0.4) is 0 Å². The number of aliphatic hydroxyl groups is 1. The predicted molar refractivity (Wildman–Crippen MR) is 68.4 cm³/mol. The fraction of sp³-hybridized carbons (Fsp3) is 0.571. The van der Waals surface area contributed by atoms with Crippen molar-refractivity contribution in [3.05, 3.63) is 35.9 Å². The molecular formula is C14H23NO. The largest absolute Gasteiger partial charge is 0.393 e. The van der Waals surface area contributed by atoms with Gasteiger partial charge in [-0.05, 0) is 32.3 Å². The van der Waals surface area contributed by atoms with Crippen LogP contribution in [-0.4, -0.2) is 17.3 Å². The zero-order valence-corrected chi connectivity index (χ0v) is 10.5. The molecule has 1 aromatic rings. The molecule has 0 saturated carbocycles. The Kier molecular flexibility index (Phi) is 5.50. The van der Waals surface area contributed by atoms with Gasteiger partial charge in [-0.2, -0.15) is 0 Å². The molecule has 0 fully saturated rings. The Bertz CT molecular complexity index is 284. The van der Waals surface area contributed by atoms with Crippen molar-refractivity contribution in [3.63, 3.8) is 0 Å². The maximum atomic E-state index is 9.34. The van der Waals surface area contributed by atoms with Gasteiger partial charge in [0, 0.05) is 12.1 Å². The number of hydrogen-bond acceptors (Lipinski definition) is 2. The van der Waals surface area contributed by atoms with E-state index >= 15 is 0 Å². The highest BCUT2D eigenvalue weighted by atomic mass is 16.3. The SMILES string of the molecule is CCC(NC(C)CC(C)O)c1ccccc1. The van der Waals surface area contributed by atoms with E-state index in [0.29, 0.717) is 12.1 Å². The van der Waals surface area contributed by atoms with Crippen molar-refractivity contribution in [3.8, 4) is 0 Å². The lowest BCUT2D eigenvalue weighted by atomic mass is 10.0. The van der Waals surface area contributed by atoms with Crippen LogP contribution in [0.5, 0.6) is 0 Å². The van der Waals surface area contributed by atoms with Crippen molar-refractivity contribution in [2.45, 2.75) is 51.8 Å². The summed E-state index contributed by atoms with van der Waals surface area (Å²) in [5, 5.41) is 12.9. The van der Waals surface area contributed by atoms with E-state index in [9.17, 15) is 5.11 Å². The first-order chi connectivity index (χ1) is 7.63. The van der Waals surface area contributed by atoms with Crippen LogP contribution in [0, 0.1) is 0 Å². The zero-order chi connectivity index (χ0) is 12.0. The van der Waals surface area contributed by atoms with Gasteiger partial charge in [-0.15, -0.1) is 0 Å². The molecule has 2 nitrogen and oxygen atoms in total. The zero-order valence-electron chi connectivity index (χ0n) is 10.5. The van der Waals surface area contributed by atoms with E-state index in [0.717, 1.165) is 12.8 Å². The lowest BCUT2D eigenvalue weighted by Gasteiger charge is -2.23. The molecule has 2 N–H and O–H groups in total. The Morgan fingerprint density at radius 1 is 1.19 bits per heavy atom. The maximum Gasteiger partial charge on any atom is 0.0526 e.